The van der Waals surface area contributed by atoms with E-state index in [0.29, 0.717) is 6.42 Å². The van der Waals surface area contributed by atoms with Gasteiger partial charge in [-0.3, -0.25) is 4.79 Å². The average molecular weight is 196 g/mol. The largest absolute Gasteiger partial charge is 0.456 e. The van der Waals surface area contributed by atoms with Gasteiger partial charge in [0.05, 0.1) is 5.41 Å². The number of carbonyl (C=O) groups excluding carboxylic acids is 2. The first kappa shape index (κ1) is 9.40. The third kappa shape index (κ3) is 0.865. The third-order valence-electron chi connectivity index (χ3n) is 3.35. The molecule has 4 nitrogen and oxygen atoms in total. The molecule has 0 radical (unpaired) electrons. The molecule has 0 aromatic rings. The number of ether oxygens (including phenoxy) is 1. The average Bonchev–Trinajstić information content (AvgIpc) is 2.09. The Hall–Kier alpha value is -1.16. The highest BCUT2D eigenvalue weighted by atomic mass is 16.6. The summed E-state index contributed by atoms with van der Waals surface area (Å²) in [5.41, 5.74) is -2.81. The Morgan fingerprint density at radius 1 is 1.71 bits per heavy atom. The van der Waals surface area contributed by atoms with Gasteiger partial charge in [-0.2, -0.15) is 0 Å². The van der Waals surface area contributed by atoms with E-state index in [1.165, 1.54) is 13.0 Å². The fourth-order valence-corrected chi connectivity index (χ4v) is 2.07. The van der Waals surface area contributed by atoms with Gasteiger partial charge < -0.3 is 9.84 Å². The Labute approximate surface area is 81.6 Å². The molecule has 3 atom stereocenters. The number of ketones is 1. The minimum Gasteiger partial charge on any atom is -0.456 e. The molecule has 0 aromatic heterocycles. The zero-order valence-electron chi connectivity index (χ0n) is 8.11. The van der Waals surface area contributed by atoms with Crippen molar-refractivity contribution in [2.75, 3.05) is 0 Å². The molecule has 2 heterocycles. The number of hydrogen-bond acceptors (Lipinski definition) is 4. The first-order chi connectivity index (χ1) is 6.40. The summed E-state index contributed by atoms with van der Waals surface area (Å²) in [6.45, 7) is 2.99. The van der Waals surface area contributed by atoms with Crippen LogP contribution < -0.4 is 0 Å². The molecule has 1 N–H and O–H groups in total. The zero-order chi connectivity index (χ0) is 10.6. The van der Waals surface area contributed by atoms with E-state index in [2.05, 4.69) is 0 Å². The molecular formula is C10H12O4. The van der Waals surface area contributed by atoms with Crippen LogP contribution in [0.1, 0.15) is 20.3 Å². The normalized spacial score (nSPS) is 45.1. The number of aliphatic hydroxyl groups is 1. The second-order valence-electron chi connectivity index (χ2n) is 4.16. The van der Waals surface area contributed by atoms with E-state index in [9.17, 15) is 14.7 Å². The van der Waals surface area contributed by atoms with Crippen LogP contribution in [-0.4, -0.2) is 28.6 Å². The van der Waals surface area contributed by atoms with Crippen LogP contribution in [0.5, 0.6) is 0 Å². The minimum absolute atomic E-state index is 0.189. The first-order valence-corrected chi connectivity index (χ1v) is 4.54. The van der Waals surface area contributed by atoms with Gasteiger partial charge in [-0.1, -0.05) is 0 Å². The van der Waals surface area contributed by atoms with E-state index < -0.39 is 17.0 Å². The second-order valence-corrected chi connectivity index (χ2v) is 4.16. The number of hydrogen-bond donors (Lipinski definition) is 1. The predicted molar refractivity (Wildman–Crippen MR) is 47.4 cm³/mol. The fourth-order valence-electron chi connectivity index (χ4n) is 2.07. The van der Waals surface area contributed by atoms with Crippen LogP contribution in [0.15, 0.2) is 12.2 Å². The monoisotopic (exact) mass is 196 g/mol. The van der Waals surface area contributed by atoms with Gasteiger partial charge in [-0.15, -0.1) is 0 Å². The molecule has 0 spiro atoms. The highest BCUT2D eigenvalue weighted by molar-refractivity contribution is 5.96. The topological polar surface area (TPSA) is 63.6 Å². The molecule has 0 saturated carbocycles. The second kappa shape index (κ2) is 2.45. The van der Waals surface area contributed by atoms with Crippen molar-refractivity contribution >= 4 is 11.8 Å². The van der Waals surface area contributed by atoms with Crippen LogP contribution in [0.25, 0.3) is 0 Å². The Kier molecular flexibility index (Phi) is 1.64. The number of fused-ring (bicyclic) bond motifs is 2. The fraction of sp³-hybridized carbons (Fsp3) is 0.600. The Balaban J connectivity index is 2.55. The standard InChI is InChI=1S/C10H12O4/c1-6(11)9(2)5-7-3-4-10(9,13)8(12)14-7/h3-4,7,13H,5H2,1-2H3. The van der Waals surface area contributed by atoms with Crippen LogP contribution in [0, 0.1) is 5.41 Å². The van der Waals surface area contributed by atoms with E-state index in [1.54, 1.807) is 13.0 Å². The summed E-state index contributed by atoms with van der Waals surface area (Å²) < 4.78 is 4.91. The lowest BCUT2D eigenvalue weighted by molar-refractivity contribution is -0.199. The van der Waals surface area contributed by atoms with E-state index in [1.807, 2.05) is 0 Å². The Morgan fingerprint density at radius 3 is 2.79 bits per heavy atom. The molecule has 0 aromatic carbocycles. The molecule has 76 valence electrons. The molecule has 1 aliphatic carbocycles. The summed E-state index contributed by atoms with van der Waals surface area (Å²) in [5.74, 6) is -0.903. The summed E-state index contributed by atoms with van der Waals surface area (Å²) in [6, 6.07) is 0. The highest BCUT2D eigenvalue weighted by Gasteiger charge is 2.61. The molecule has 1 saturated heterocycles. The molecule has 3 aliphatic rings. The first-order valence-electron chi connectivity index (χ1n) is 4.54. The van der Waals surface area contributed by atoms with Gasteiger partial charge in [0.1, 0.15) is 11.9 Å². The molecule has 3 unspecified atom stereocenters. The van der Waals surface area contributed by atoms with Crippen molar-refractivity contribution in [3.05, 3.63) is 12.2 Å². The zero-order valence-corrected chi connectivity index (χ0v) is 8.11. The molecule has 2 aliphatic heterocycles. The van der Waals surface area contributed by atoms with Gasteiger partial charge in [-0.25, -0.2) is 4.79 Å². The van der Waals surface area contributed by atoms with Crippen LogP contribution in [0.4, 0.5) is 0 Å². The lowest BCUT2D eigenvalue weighted by atomic mass is 9.62. The third-order valence-corrected chi connectivity index (χ3v) is 3.35. The molecule has 1 fully saturated rings. The van der Waals surface area contributed by atoms with E-state index in [-0.39, 0.29) is 11.9 Å². The lowest BCUT2D eigenvalue weighted by Gasteiger charge is -2.48. The minimum atomic E-state index is -1.77. The van der Waals surface area contributed by atoms with Gasteiger partial charge in [0, 0.05) is 6.42 Å². The van der Waals surface area contributed by atoms with Crippen molar-refractivity contribution in [1.29, 1.82) is 0 Å². The Morgan fingerprint density at radius 2 is 2.36 bits per heavy atom. The van der Waals surface area contributed by atoms with Crippen molar-refractivity contribution in [2.24, 2.45) is 5.41 Å². The summed E-state index contributed by atoms with van der Waals surface area (Å²) >= 11 is 0. The maximum Gasteiger partial charge on any atom is 0.343 e. The summed E-state index contributed by atoms with van der Waals surface area (Å²) in [7, 11) is 0. The maximum atomic E-state index is 11.5. The molecule has 0 amide bonds. The van der Waals surface area contributed by atoms with Crippen LogP contribution in [0.2, 0.25) is 0 Å². The van der Waals surface area contributed by atoms with Gasteiger partial charge in [-0.05, 0) is 26.0 Å². The van der Waals surface area contributed by atoms with Crippen molar-refractivity contribution in [3.63, 3.8) is 0 Å². The van der Waals surface area contributed by atoms with E-state index in [4.69, 9.17) is 4.74 Å². The molecule has 14 heavy (non-hydrogen) atoms. The molecule has 3 rings (SSSR count). The predicted octanol–water partition coefficient (Wildman–Crippen LogP) is 0.198. The van der Waals surface area contributed by atoms with Gasteiger partial charge >= 0.3 is 5.97 Å². The molecular weight excluding hydrogens is 184 g/mol. The molecule has 4 heteroatoms. The van der Waals surface area contributed by atoms with Crippen molar-refractivity contribution < 1.29 is 19.4 Å². The summed E-state index contributed by atoms with van der Waals surface area (Å²) in [4.78, 5) is 22.9. The Bertz CT molecular complexity index is 346. The number of rotatable bonds is 1. The number of carbonyl (C=O) groups is 2. The van der Waals surface area contributed by atoms with Crippen molar-refractivity contribution in [1.82, 2.24) is 0 Å². The van der Waals surface area contributed by atoms with Crippen LogP contribution >= 0.6 is 0 Å². The van der Waals surface area contributed by atoms with Crippen LogP contribution in [0.3, 0.4) is 0 Å². The van der Waals surface area contributed by atoms with Crippen LogP contribution in [-0.2, 0) is 14.3 Å². The maximum absolute atomic E-state index is 11.5. The number of Topliss-reactive ketones (excluding diaryl/α,β-unsaturated/α-hetero) is 1. The van der Waals surface area contributed by atoms with Gasteiger partial charge in [0.15, 0.2) is 5.60 Å². The van der Waals surface area contributed by atoms with Gasteiger partial charge in [0.2, 0.25) is 0 Å². The van der Waals surface area contributed by atoms with E-state index >= 15 is 0 Å². The lowest BCUT2D eigenvalue weighted by Crippen LogP contribution is -2.63. The molecule has 2 bridgehead atoms. The summed E-state index contributed by atoms with van der Waals surface area (Å²) in [6.07, 6.45) is 3.01. The quantitative estimate of drug-likeness (QED) is 0.480. The van der Waals surface area contributed by atoms with Crippen molar-refractivity contribution in [3.8, 4) is 0 Å². The van der Waals surface area contributed by atoms with Gasteiger partial charge in [0.25, 0.3) is 0 Å². The highest BCUT2D eigenvalue weighted by Crippen LogP contribution is 2.47. The number of esters is 1. The smallest absolute Gasteiger partial charge is 0.343 e. The summed E-state index contributed by atoms with van der Waals surface area (Å²) in [5, 5.41) is 10.1. The van der Waals surface area contributed by atoms with E-state index in [0.717, 1.165) is 0 Å². The SMILES string of the molecule is CC(=O)C1(C)CC2C=CC1(O)C(=O)O2. The van der Waals surface area contributed by atoms with Crippen molar-refractivity contribution in [2.45, 2.75) is 32.0 Å².